The first kappa shape index (κ1) is 14.7. The molecule has 0 aromatic heterocycles. The summed E-state index contributed by atoms with van der Waals surface area (Å²) in [4.78, 5) is 13.1. The van der Waals surface area contributed by atoms with Crippen molar-refractivity contribution in [3.63, 3.8) is 0 Å². The molecular weight excluding hydrogens is 265 g/mol. The van der Waals surface area contributed by atoms with Crippen LogP contribution in [0.5, 0.6) is 0 Å². The highest BCUT2D eigenvalue weighted by Gasteiger charge is 2.38. The third-order valence-corrected chi connectivity index (χ3v) is 3.31. The lowest BCUT2D eigenvalue weighted by Crippen LogP contribution is -2.56. The molecule has 1 N–H and O–H groups in total. The molecule has 0 saturated carbocycles. The van der Waals surface area contributed by atoms with Gasteiger partial charge in [-0.2, -0.15) is 0 Å². The summed E-state index contributed by atoms with van der Waals surface area (Å²) in [5.41, 5.74) is 0.859. The number of benzene rings is 1. The number of piperidine rings is 1. The van der Waals surface area contributed by atoms with Crippen LogP contribution in [0.3, 0.4) is 0 Å². The lowest BCUT2D eigenvalue weighted by atomic mass is 10.0. The highest BCUT2D eigenvalue weighted by atomic mass is 19.1. The maximum atomic E-state index is 13.6. The molecule has 5 nitrogen and oxygen atoms in total. The minimum atomic E-state index is -1.53. The van der Waals surface area contributed by atoms with Gasteiger partial charge in [-0.25, -0.2) is 9.18 Å². The van der Waals surface area contributed by atoms with E-state index in [0.717, 1.165) is 5.56 Å². The second-order valence-electron chi connectivity index (χ2n) is 4.73. The van der Waals surface area contributed by atoms with Crippen molar-refractivity contribution in [1.82, 2.24) is 4.90 Å². The molecule has 0 aliphatic carbocycles. The predicted molar refractivity (Wildman–Crippen MR) is 69.9 cm³/mol. The van der Waals surface area contributed by atoms with Crippen LogP contribution < -0.4 is 0 Å². The van der Waals surface area contributed by atoms with E-state index in [1.165, 1.54) is 12.0 Å². The first-order chi connectivity index (χ1) is 9.61. The van der Waals surface area contributed by atoms with Crippen molar-refractivity contribution in [3.05, 3.63) is 35.9 Å². The van der Waals surface area contributed by atoms with Crippen LogP contribution in [0.4, 0.5) is 9.18 Å². The van der Waals surface area contributed by atoms with Crippen LogP contribution in [0.25, 0.3) is 0 Å². The Morgan fingerprint density at radius 1 is 1.40 bits per heavy atom. The van der Waals surface area contributed by atoms with Crippen molar-refractivity contribution in [2.75, 3.05) is 20.2 Å². The molecule has 3 atom stereocenters. The van der Waals surface area contributed by atoms with Crippen molar-refractivity contribution < 1.29 is 23.8 Å². The molecule has 6 heteroatoms. The SMILES string of the molecule is COC1CN(C(=O)OCc2ccccc2)CC(F)C1O. The number of carbonyl (C=O) groups is 1. The van der Waals surface area contributed by atoms with E-state index in [0.29, 0.717) is 0 Å². The smallest absolute Gasteiger partial charge is 0.410 e. The molecule has 2 rings (SSSR count). The lowest BCUT2D eigenvalue weighted by molar-refractivity contribution is -0.0950. The van der Waals surface area contributed by atoms with E-state index in [4.69, 9.17) is 9.47 Å². The molecule has 1 saturated heterocycles. The zero-order chi connectivity index (χ0) is 14.5. The molecule has 3 unspecified atom stereocenters. The fourth-order valence-electron chi connectivity index (χ4n) is 2.12. The summed E-state index contributed by atoms with van der Waals surface area (Å²) in [6, 6.07) is 9.23. The molecule has 0 spiro atoms. The zero-order valence-corrected chi connectivity index (χ0v) is 11.2. The number of halogens is 1. The Balaban J connectivity index is 1.89. The molecule has 0 bridgehead atoms. The van der Waals surface area contributed by atoms with E-state index in [-0.39, 0.29) is 19.7 Å². The van der Waals surface area contributed by atoms with Crippen molar-refractivity contribution in [3.8, 4) is 0 Å². The van der Waals surface area contributed by atoms with E-state index in [1.807, 2.05) is 30.3 Å². The number of nitrogens with zero attached hydrogens (tertiary/aromatic N) is 1. The summed E-state index contributed by atoms with van der Waals surface area (Å²) in [7, 11) is 1.37. The van der Waals surface area contributed by atoms with Gasteiger partial charge >= 0.3 is 6.09 Å². The third kappa shape index (κ3) is 3.46. The number of likely N-dealkylation sites (tertiary alicyclic amines) is 1. The van der Waals surface area contributed by atoms with E-state index < -0.39 is 24.5 Å². The van der Waals surface area contributed by atoms with Gasteiger partial charge < -0.3 is 19.5 Å². The molecule has 1 fully saturated rings. The highest BCUT2D eigenvalue weighted by molar-refractivity contribution is 5.68. The zero-order valence-electron chi connectivity index (χ0n) is 11.2. The lowest BCUT2D eigenvalue weighted by Gasteiger charge is -2.36. The van der Waals surface area contributed by atoms with E-state index in [9.17, 15) is 14.3 Å². The van der Waals surface area contributed by atoms with Crippen LogP contribution >= 0.6 is 0 Å². The maximum Gasteiger partial charge on any atom is 0.410 e. The Kier molecular flexibility index (Phi) is 4.92. The Labute approximate surface area is 116 Å². The van der Waals surface area contributed by atoms with Crippen LogP contribution in [0.15, 0.2) is 30.3 Å². The molecule has 110 valence electrons. The Bertz CT molecular complexity index is 442. The number of ether oxygens (including phenoxy) is 2. The van der Waals surface area contributed by atoms with E-state index >= 15 is 0 Å². The molecule has 20 heavy (non-hydrogen) atoms. The van der Waals surface area contributed by atoms with Gasteiger partial charge in [0.2, 0.25) is 0 Å². The van der Waals surface area contributed by atoms with Crippen molar-refractivity contribution >= 4 is 6.09 Å². The number of hydrogen-bond donors (Lipinski definition) is 1. The summed E-state index contributed by atoms with van der Waals surface area (Å²) in [5, 5.41) is 9.57. The summed E-state index contributed by atoms with van der Waals surface area (Å²) in [5.74, 6) is 0. The Morgan fingerprint density at radius 3 is 2.75 bits per heavy atom. The minimum absolute atomic E-state index is 0.117. The summed E-state index contributed by atoms with van der Waals surface area (Å²) in [6.07, 6.45) is -4.08. The first-order valence-corrected chi connectivity index (χ1v) is 6.42. The number of alkyl halides is 1. The fourth-order valence-corrected chi connectivity index (χ4v) is 2.12. The average Bonchev–Trinajstić information content (AvgIpc) is 2.48. The largest absolute Gasteiger partial charge is 0.445 e. The maximum absolute atomic E-state index is 13.6. The van der Waals surface area contributed by atoms with Gasteiger partial charge in [0.05, 0.1) is 13.1 Å². The molecule has 1 aliphatic heterocycles. The summed E-state index contributed by atoms with van der Waals surface area (Å²) in [6.45, 7) is 0.0632. The highest BCUT2D eigenvalue weighted by Crippen LogP contribution is 2.18. The summed E-state index contributed by atoms with van der Waals surface area (Å²) < 4.78 is 23.7. The number of methoxy groups -OCH3 is 1. The summed E-state index contributed by atoms with van der Waals surface area (Å²) >= 11 is 0. The quantitative estimate of drug-likeness (QED) is 0.910. The predicted octanol–water partition coefficient (Wildman–Crippen LogP) is 1.35. The van der Waals surface area contributed by atoms with Crippen LogP contribution in [0.1, 0.15) is 5.56 Å². The second-order valence-corrected chi connectivity index (χ2v) is 4.73. The van der Waals surface area contributed by atoms with Gasteiger partial charge in [0, 0.05) is 7.11 Å². The molecule has 1 amide bonds. The molecule has 1 heterocycles. The second kappa shape index (κ2) is 6.67. The molecule has 1 aromatic carbocycles. The number of aliphatic hydroxyl groups excluding tert-OH is 1. The van der Waals surface area contributed by atoms with Gasteiger partial charge in [-0.3, -0.25) is 0 Å². The number of hydrogen-bond acceptors (Lipinski definition) is 4. The third-order valence-electron chi connectivity index (χ3n) is 3.31. The standard InChI is InChI=1S/C14H18FNO4/c1-19-12-8-16(7-11(15)13(12)17)14(18)20-9-10-5-3-2-4-6-10/h2-6,11-13,17H,7-9H2,1H3. The normalized spacial score (nSPS) is 26.4. The van der Waals surface area contributed by atoms with Gasteiger partial charge in [0.1, 0.15) is 25.0 Å². The van der Waals surface area contributed by atoms with Gasteiger partial charge in [0.15, 0.2) is 0 Å². The van der Waals surface area contributed by atoms with Gasteiger partial charge in [-0.15, -0.1) is 0 Å². The van der Waals surface area contributed by atoms with E-state index in [1.54, 1.807) is 0 Å². The van der Waals surface area contributed by atoms with Crippen LogP contribution in [-0.4, -0.2) is 54.7 Å². The van der Waals surface area contributed by atoms with Crippen molar-refractivity contribution in [2.24, 2.45) is 0 Å². The molecule has 1 aliphatic rings. The van der Waals surface area contributed by atoms with Crippen molar-refractivity contribution in [1.29, 1.82) is 0 Å². The van der Waals surface area contributed by atoms with Crippen LogP contribution in [-0.2, 0) is 16.1 Å². The minimum Gasteiger partial charge on any atom is -0.445 e. The van der Waals surface area contributed by atoms with Gasteiger partial charge in [-0.05, 0) is 5.56 Å². The topological polar surface area (TPSA) is 59.0 Å². The van der Waals surface area contributed by atoms with E-state index in [2.05, 4.69) is 0 Å². The monoisotopic (exact) mass is 283 g/mol. The van der Waals surface area contributed by atoms with Crippen LogP contribution in [0.2, 0.25) is 0 Å². The Hall–Kier alpha value is -1.66. The molecular formula is C14H18FNO4. The van der Waals surface area contributed by atoms with Crippen molar-refractivity contribution in [2.45, 2.75) is 25.0 Å². The number of rotatable bonds is 3. The average molecular weight is 283 g/mol. The fraction of sp³-hybridized carbons (Fsp3) is 0.500. The number of aliphatic hydroxyl groups is 1. The molecule has 0 radical (unpaired) electrons. The van der Waals surface area contributed by atoms with Gasteiger partial charge in [0.25, 0.3) is 0 Å². The molecule has 1 aromatic rings. The Morgan fingerprint density at radius 2 is 2.10 bits per heavy atom. The number of amides is 1. The van der Waals surface area contributed by atoms with Crippen LogP contribution in [0, 0.1) is 0 Å². The number of carbonyl (C=O) groups excluding carboxylic acids is 1. The van der Waals surface area contributed by atoms with Gasteiger partial charge in [-0.1, -0.05) is 30.3 Å². The first-order valence-electron chi connectivity index (χ1n) is 6.42.